The number of hydrogen-bond donors (Lipinski definition) is 1. The Labute approximate surface area is 92.2 Å². The third kappa shape index (κ3) is 2.23. The molecule has 1 aliphatic heterocycles. The summed E-state index contributed by atoms with van der Waals surface area (Å²) in [5, 5.41) is 4.04. The van der Waals surface area contributed by atoms with Crippen LogP contribution in [-0.4, -0.2) is 30.3 Å². The fourth-order valence-electron chi connectivity index (χ4n) is 1.36. The SMILES string of the molecule is Clc1cc(C2=NCCNC2)cc(Cl)n1. The van der Waals surface area contributed by atoms with Crippen molar-refractivity contribution in [2.75, 3.05) is 19.6 Å². The zero-order valence-electron chi connectivity index (χ0n) is 7.43. The molecule has 0 aliphatic carbocycles. The third-order valence-electron chi connectivity index (χ3n) is 1.98. The highest BCUT2D eigenvalue weighted by atomic mass is 35.5. The number of rotatable bonds is 1. The molecule has 1 aromatic rings. The van der Waals surface area contributed by atoms with Crippen LogP contribution in [0.1, 0.15) is 5.56 Å². The maximum Gasteiger partial charge on any atom is 0.131 e. The lowest BCUT2D eigenvalue weighted by atomic mass is 10.1. The maximum absolute atomic E-state index is 5.80. The Kier molecular flexibility index (Phi) is 3.01. The fraction of sp³-hybridized carbons (Fsp3) is 0.333. The second kappa shape index (κ2) is 4.26. The van der Waals surface area contributed by atoms with Crippen molar-refractivity contribution in [2.24, 2.45) is 4.99 Å². The van der Waals surface area contributed by atoms with Crippen molar-refractivity contribution in [1.29, 1.82) is 0 Å². The molecule has 74 valence electrons. The van der Waals surface area contributed by atoms with E-state index in [0.29, 0.717) is 10.3 Å². The van der Waals surface area contributed by atoms with Gasteiger partial charge in [-0.3, -0.25) is 4.99 Å². The molecule has 0 bridgehead atoms. The van der Waals surface area contributed by atoms with E-state index in [1.807, 2.05) is 0 Å². The number of pyridine rings is 1. The van der Waals surface area contributed by atoms with E-state index in [9.17, 15) is 0 Å². The monoisotopic (exact) mass is 229 g/mol. The molecule has 1 N–H and O–H groups in total. The molecular formula is C9H9Cl2N3. The molecule has 0 radical (unpaired) electrons. The van der Waals surface area contributed by atoms with Gasteiger partial charge >= 0.3 is 0 Å². The minimum Gasteiger partial charge on any atom is -0.309 e. The van der Waals surface area contributed by atoms with Crippen molar-refractivity contribution in [3.8, 4) is 0 Å². The number of aromatic nitrogens is 1. The van der Waals surface area contributed by atoms with Crippen LogP contribution in [0.4, 0.5) is 0 Å². The molecule has 2 heterocycles. The van der Waals surface area contributed by atoms with Crippen molar-refractivity contribution in [1.82, 2.24) is 10.3 Å². The van der Waals surface area contributed by atoms with Crippen molar-refractivity contribution < 1.29 is 0 Å². The number of nitrogens with zero attached hydrogens (tertiary/aromatic N) is 2. The molecule has 0 atom stereocenters. The van der Waals surface area contributed by atoms with E-state index in [0.717, 1.165) is 30.9 Å². The molecule has 1 aromatic heterocycles. The second-order valence-electron chi connectivity index (χ2n) is 3.01. The van der Waals surface area contributed by atoms with Gasteiger partial charge in [-0.1, -0.05) is 23.2 Å². The van der Waals surface area contributed by atoms with Gasteiger partial charge in [0.1, 0.15) is 10.3 Å². The number of hydrogen-bond acceptors (Lipinski definition) is 3. The molecule has 0 unspecified atom stereocenters. The first-order valence-corrected chi connectivity index (χ1v) is 5.09. The van der Waals surface area contributed by atoms with Crippen molar-refractivity contribution >= 4 is 28.9 Å². The molecule has 0 aromatic carbocycles. The van der Waals surface area contributed by atoms with Crippen molar-refractivity contribution in [2.45, 2.75) is 0 Å². The Morgan fingerprint density at radius 2 is 1.93 bits per heavy atom. The van der Waals surface area contributed by atoms with Gasteiger partial charge in [-0.2, -0.15) is 0 Å². The number of nitrogens with one attached hydrogen (secondary N) is 1. The van der Waals surface area contributed by atoms with E-state index < -0.39 is 0 Å². The summed E-state index contributed by atoms with van der Waals surface area (Å²) >= 11 is 11.6. The highest BCUT2D eigenvalue weighted by Gasteiger charge is 2.09. The quantitative estimate of drug-likeness (QED) is 0.746. The van der Waals surface area contributed by atoms with Crippen LogP contribution < -0.4 is 5.32 Å². The van der Waals surface area contributed by atoms with Crippen LogP contribution in [0, 0.1) is 0 Å². The van der Waals surface area contributed by atoms with E-state index in [-0.39, 0.29) is 0 Å². The largest absolute Gasteiger partial charge is 0.309 e. The van der Waals surface area contributed by atoms with Gasteiger partial charge in [-0.15, -0.1) is 0 Å². The average molecular weight is 230 g/mol. The molecule has 14 heavy (non-hydrogen) atoms. The zero-order chi connectivity index (χ0) is 9.97. The lowest BCUT2D eigenvalue weighted by molar-refractivity contribution is 0.736. The van der Waals surface area contributed by atoms with Crippen LogP contribution in [0.2, 0.25) is 10.3 Å². The molecule has 3 nitrogen and oxygen atoms in total. The molecule has 0 saturated carbocycles. The standard InChI is InChI=1S/C9H9Cl2N3/c10-8-3-6(4-9(11)14-8)7-5-12-1-2-13-7/h3-4,12H,1-2,5H2. The smallest absolute Gasteiger partial charge is 0.131 e. The predicted molar refractivity (Wildman–Crippen MR) is 58.5 cm³/mol. The fourth-order valence-corrected chi connectivity index (χ4v) is 1.82. The Bertz CT molecular complexity index is 356. The molecule has 0 fully saturated rings. The first kappa shape index (κ1) is 9.90. The summed E-state index contributed by atoms with van der Waals surface area (Å²) in [6.07, 6.45) is 0. The Hall–Kier alpha value is -0.640. The van der Waals surface area contributed by atoms with Crippen LogP contribution in [0.25, 0.3) is 0 Å². The minimum atomic E-state index is 0.403. The van der Waals surface area contributed by atoms with Crippen LogP contribution in [0.5, 0.6) is 0 Å². The first-order chi connectivity index (χ1) is 6.75. The van der Waals surface area contributed by atoms with Gasteiger partial charge in [-0.25, -0.2) is 4.98 Å². The number of halogens is 2. The van der Waals surface area contributed by atoms with Gasteiger partial charge in [0.15, 0.2) is 0 Å². The van der Waals surface area contributed by atoms with Gasteiger partial charge < -0.3 is 5.32 Å². The average Bonchev–Trinajstić information content (AvgIpc) is 2.18. The third-order valence-corrected chi connectivity index (χ3v) is 2.37. The zero-order valence-corrected chi connectivity index (χ0v) is 8.94. The first-order valence-electron chi connectivity index (χ1n) is 4.33. The highest BCUT2D eigenvalue weighted by molar-refractivity contribution is 6.33. The maximum atomic E-state index is 5.80. The van der Waals surface area contributed by atoms with Crippen LogP contribution in [0.15, 0.2) is 17.1 Å². The number of aliphatic imine (C=N–C) groups is 1. The normalized spacial score (nSPS) is 16.6. The Balaban J connectivity index is 2.35. The molecule has 1 aliphatic rings. The topological polar surface area (TPSA) is 37.3 Å². The van der Waals surface area contributed by atoms with E-state index in [2.05, 4.69) is 15.3 Å². The van der Waals surface area contributed by atoms with E-state index in [1.165, 1.54) is 0 Å². The lowest BCUT2D eigenvalue weighted by Crippen LogP contribution is -2.31. The predicted octanol–water partition coefficient (Wildman–Crippen LogP) is 1.78. The Morgan fingerprint density at radius 3 is 2.50 bits per heavy atom. The van der Waals surface area contributed by atoms with E-state index >= 15 is 0 Å². The van der Waals surface area contributed by atoms with Crippen LogP contribution in [-0.2, 0) is 0 Å². The van der Waals surface area contributed by atoms with E-state index in [4.69, 9.17) is 23.2 Å². The van der Waals surface area contributed by atoms with Gasteiger partial charge in [0, 0.05) is 18.7 Å². The summed E-state index contributed by atoms with van der Waals surface area (Å²) in [6.45, 7) is 2.49. The lowest BCUT2D eigenvalue weighted by Gasteiger charge is -2.13. The minimum absolute atomic E-state index is 0.403. The van der Waals surface area contributed by atoms with E-state index in [1.54, 1.807) is 12.1 Å². The molecular weight excluding hydrogens is 221 g/mol. The van der Waals surface area contributed by atoms with Gasteiger partial charge in [0.25, 0.3) is 0 Å². The molecule has 2 rings (SSSR count). The Morgan fingerprint density at radius 1 is 1.21 bits per heavy atom. The van der Waals surface area contributed by atoms with Gasteiger partial charge in [0.05, 0.1) is 12.3 Å². The highest BCUT2D eigenvalue weighted by Crippen LogP contribution is 2.15. The second-order valence-corrected chi connectivity index (χ2v) is 3.78. The summed E-state index contributed by atoms with van der Waals surface area (Å²) in [4.78, 5) is 8.28. The molecule has 0 saturated heterocycles. The summed E-state index contributed by atoms with van der Waals surface area (Å²) in [7, 11) is 0. The molecule has 5 heteroatoms. The summed E-state index contributed by atoms with van der Waals surface area (Å²) in [5.41, 5.74) is 1.93. The van der Waals surface area contributed by atoms with Gasteiger partial charge in [0.2, 0.25) is 0 Å². The summed E-state index contributed by atoms with van der Waals surface area (Å²) < 4.78 is 0. The van der Waals surface area contributed by atoms with Crippen LogP contribution in [0.3, 0.4) is 0 Å². The molecule has 0 spiro atoms. The summed E-state index contributed by atoms with van der Waals surface area (Å²) in [5.74, 6) is 0. The summed E-state index contributed by atoms with van der Waals surface area (Å²) in [6, 6.07) is 3.55. The van der Waals surface area contributed by atoms with Crippen LogP contribution >= 0.6 is 23.2 Å². The van der Waals surface area contributed by atoms with Crippen molar-refractivity contribution in [3.05, 3.63) is 28.0 Å². The van der Waals surface area contributed by atoms with Crippen molar-refractivity contribution in [3.63, 3.8) is 0 Å². The molecule has 0 amide bonds. The van der Waals surface area contributed by atoms with Gasteiger partial charge in [-0.05, 0) is 12.1 Å².